The van der Waals surface area contributed by atoms with Crippen molar-refractivity contribution in [3.63, 3.8) is 0 Å². The van der Waals surface area contributed by atoms with Crippen LogP contribution in [0.5, 0.6) is 0 Å². The maximum atomic E-state index is 13.3. The van der Waals surface area contributed by atoms with Crippen LogP contribution >= 0.6 is 0 Å². The van der Waals surface area contributed by atoms with Gasteiger partial charge in [-0.1, -0.05) is 18.6 Å². The molecular formula is C24H21FO4. The summed E-state index contributed by atoms with van der Waals surface area (Å²) < 4.78 is 24.4. The lowest BCUT2D eigenvalue weighted by molar-refractivity contribution is -0.155. The molecule has 0 amide bonds. The van der Waals surface area contributed by atoms with Crippen molar-refractivity contribution < 1.29 is 18.3 Å². The van der Waals surface area contributed by atoms with Crippen LogP contribution in [0.15, 0.2) is 51.7 Å². The van der Waals surface area contributed by atoms with E-state index in [-0.39, 0.29) is 18.4 Å². The molecule has 0 radical (unpaired) electrons. The maximum Gasteiger partial charge on any atom is 0.336 e. The topological polar surface area (TPSA) is 56.5 Å². The third kappa shape index (κ3) is 3.05. The van der Waals surface area contributed by atoms with E-state index in [4.69, 9.17) is 9.15 Å². The molecule has 4 nitrogen and oxygen atoms in total. The third-order valence-corrected chi connectivity index (χ3v) is 6.40. The molecule has 3 aromatic rings. The molecular weight excluding hydrogens is 371 g/mol. The van der Waals surface area contributed by atoms with Gasteiger partial charge in [-0.05, 0) is 73.1 Å². The molecule has 1 fully saturated rings. The van der Waals surface area contributed by atoms with Crippen LogP contribution in [0.2, 0.25) is 0 Å². The van der Waals surface area contributed by atoms with Gasteiger partial charge in [0.15, 0.2) is 0 Å². The fourth-order valence-corrected chi connectivity index (χ4v) is 4.61. The molecule has 0 N–H and O–H groups in total. The fraction of sp³-hybridized carbons (Fsp3) is 0.333. The number of fused-ring (bicyclic) bond motifs is 2. The number of hydrogen-bond donors (Lipinski definition) is 0. The van der Waals surface area contributed by atoms with Crippen molar-refractivity contribution in [3.8, 4) is 0 Å². The summed E-state index contributed by atoms with van der Waals surface area (Å²) in [5.74, 6) is -0.649. The summed E-state index contributed by atoms with van der Waals surface area (Å²) in [5, 5.41) is 0.822. The van der Waals surface area contributed by atoms with E-state index in [1.165, 1.54) is 29.3 Å². The van der Waals surface area contributed by atoms with E-state index in [0.717, 1.165) is 36.6 Å². The maximum absolute atomic E-state index is 13.3. The first-order valence-corrected chi connectivity index (χ1v) is 10.1. The Morgan fingerprint density at radius 1 is 1.03 bits per heavy atom. The van der Waals surface area contributed by atoms with Gasteiger partial charge in [-0.15, -0.1) is 0 Å². The predicted octanol–water partition coefficient (Wildman–Crippen LogP) is 4.59. The van der Waals surface area contributed by atoms with E-state index in [1.54, 1.807) is 12.1 Å². The Hall–Kier alpha value is -2.95. The number of ether oxygens (including phenoxy) is 1. The normalized spacial score (nSPS) is 17.0. The Kier molecular flexibility index (Phi) is 4.26. The molecule has 2 aliphatic rings. The Morgan fingerprint density at radius 3 is 2.45 bits per heavy atom. The quantitative estimate of drug-likeness (QED) is 0.482. The summed E-state index contributed by atoms with van der Waals surface area (Å²) >= 11 is 0. The summed E-state index contributed by atoms with van der Waals surface area (Å²) in [6.07, 6.45) is 5.40. The minimum atomic E-state index is -0.718. The van der Waals surface area contributed by atoms with Crippen molar-refractivity contribution in [2.75, 3.05) is 0 Å². The first-order chi connectivity index (χ1) is 14.0. The molecule has 148 valence electrons. The van der Waals surface area contributed by atoms with Crippen LogP contribution in [0.3, 0.4) is 0 Å². The van der Waals surface area contributed by atoms with E-state index in [0.29, 0.717) is 24.0 Å². The second-order valence-corrected chi connectivity index (χ2v) is 8.08. The number of hydrogen-bond acceptors (Lipinski definition) is 4. The highest BCUT2D eigenvalue weighted by Gasteiger charge is 2.47. The van der Waals surface area contributed by atoms with Gasteiger partial charge in [-0.25, -0.2) is 9.18 Å². The number of rotatable bonds is 4. The molecule has 0 spiro atoms. The van der Waals surface area contributed by atoms with Crippen LogP contribution in [-0.2, 0) is 34.4 Å². The average Bonchev–Trinajstić information content (AvgIpc) is 3.12. The average molecular weight is 392 g/mol. The van der Waals surface area contributed by atoms with Crippen molar-refractivity contribution in [3.05, 3.63) is 81.0 Å². The van der Waals surface area contributed by atoms with Crippen LogP contribution in [0.25, 0.3) is 11.0 Å². The van der Waals surface area contributed by atoms with Crippen LogP contribution in [0.1, 0.15) is 47.9 Å². The molecule has 5 heteroatoms. The van der Waals surface area contributed by atoms with E-state index in [1.807, 2.05) is 6.07 Å². The first kappa shape index (κ1) is 18.1. The fourth-order valence-electron chi connectivity index (χ4n) is 4.61. The standard InChI is InChI=1S/C24H21FO4/c25-19-7-5-18(6-8-19)24(9-2-10-24)23(27)28-14-17-13-22(26)29-21-12-16-4-1-3-15(16)11-20(17)21/h5-8,11-13H,1-4,9-10,14H2. The lowest BCUT2D eigenvalue weighted by Crippen LogP contribution is -2.43. The zero-order chi connectivity index (χ0) is 20.0. The van der Waals surface area contributed by atoms with Gasteiger partial charge in [0.2, 0.25) is 0 Å². The lowest BCUT2D eigenvalue weighted by atomic mass is 9.64. The van der Waals surface area contributed by atoms with E-state index in [2.05, 4.69) is 6.07 Å². The van der Waals surface area contributed by atoms with Gasteiger partial charge < -0.3 is 9.15 Å². The molecule has 1 aromatic heterocycles. The van der Waals surface area contributed by atoms with E-state index in [9.17, 15) is 14.0 Å². The van der Waals surface area contributed by atoms with Crippen molar-refractivity contribution in [2.24, 2.45) is 0 Å². The minimum absolute atomic E-state index is 0.0165. The molecule has 0 aliphatic heterocycles. The third-order valence-electron chi connectivity index (χ3n) is 6.40. The number of carbonyl (C=O) groups excluding carboxylic acids is 1. The van der Waals surface area contributed by atoms with Crippen molar-refractivity contribution in [1.29, 1.82) is 0 Å². The molecule has 0 bridgehead atoms. The van der Waals surface area contributed by atoms with Crippen LogP contribution in [0.4, 0.5) is 4.39 Å². The Balaban J connectivity index is 1.43. The summed E-state index contributed by atoms with van der Waals surface area (Å²) in [6.45, 7) is 0.0165. The smallest absolute Gasteiger partial charge is 0.336 e. The number of benzene rings is 2. The van der Waals surface area contributed by atoms with Crippen molar-refractivity contribution in [1.82, 2.24) is 0 Å². The molecule has 0 saturated heterocycles. The van der Waals surface area contributed by atoms with Gasteiger partial charge in [-0.3, -0.25) is 4.79 Å². The highest BCUT2D eigenvalue weighted by Crippen LogP contribution is 2.45. The monoisotopic (exact) mass is 392 g/mol. The second kappa shape index (κ2) is 6.83. The van der Waals surface area contributed by atoms with E-state index >= 15 is 0 Å². The van der Waals surface area contributed by atoms with Crippen molar-refractivity contribution >= 4 is 16.9 Å². The number of halogens is 1. The van der Waals surface area contributed by atoms with Crippen LogP contribution < -0.4 is 5.63 Å². The van der Waals surface area contributed by atoms with Gasteiger partial charge in [0.1, 0.15) is 18.0 Å². The Labute approximate surface area is 167 Å². The highest BCUT2D eigenvalue weighted by molar-refractivity contribution is 5.85. The summed E-state index contributed by atoms with van der Waals surface area (Å²) in [7, 11) is 0. The van der Waals surface area contributed by atoms with Crippen LogP contribution in [-0.4, -0.2) is 5.97 Å². The van der Waals surface area contributed by atoms with Gasteiger partial charge in [0.25, 0.3) is 0 Å². The molecule has 29 heavy (non-hydrogen) atoms. The zero-order valence-electron chi connectivity index (χ0n) is 16.0. The summed E-state index contributed by atoms with van der Waals surface area (Å²) in [4.78, 5) is 25.0. The second-order valence-electron chi connectivity index (χ2n) is 8.08. The van der Waals surface area contributed by atoms with Gasteiger partial charge in [-0.2, -0.15) is 0 Å². The Morgan fingerprint density at radius 2 is 1.76 bits per heavy atom. The van der Waals surface area contributed by atoms with Gasteiger partial charge in [0.05, 0.1) is 5.41 Å². The van der Waals surface area contributed by atoms with Gasteiger partial charge >= 0.3 is 11.6 Å². The largest absolute Gasteiger partial charge is 0.460 e. The number of esters is 1. The highest BCUT2D eigenvalue weighted by atomic mass is 19.1. The molecule has 2 aromatic carbocycles. The van der Waals surface area contributed by atoms with Gasteiger partial charge in [0, 0.05) is 17.0 Å². The first-order valence-electron chi connectivity index (χ1n) is 10.1. The lowest BCUT2D eigenvalue weighted by Gasteiger charge is -2.39. The van der Waals surface area contributed by atoms with E-state index < -0.39 is 11.0 Å². The van der Waals surface area contributed by atoms with Crippen LogP contribution in [0, 0.1) is 5.82 Å². The molecule has 1 saturated carbocycles. The predicted molar refractivity (Wildman–Crippen MR) is 106 cm³/mol. The summed E-state index contributed by atoms with van der Waals surface area (Å²) in [5.41, 5.74) is 3.31. The van der Waals surface area contributed by atoms with Crippen molar-refractivity contribution in [2.45, 2.75) is 50.5 Å². The number of carbonyl (C=O) groups is 1. The molecule has 1 heterocycles. The Bertz CT molecular complexity index is 1160. The minimum Gasteiger partial charge on any atom is -0.460 e. The molecule has 5 rings (SSSR count). The SMILES string of the molecule is O=C(OCc1cc(=O)oc2cc3c(cc12)CCC3)C1(c2ccc(F)cc2)CCC1. The number of aryl methyl sites for hydroxylation is 2. The molecule has 2 aliphatic carbocycles. The summed E-state index contributed by atoms with van der Waals surface area (Å²) in [6, 6.07) is 11.5. The molecule has 0 unspecified atom stereocenters. The molecule has 0 atom stereocenters. The zero-order valence-corrected chi connectivity index (χ0v) is 16.0.